The van der Waals surface area contributed by atoms with E-state index in [-0.39, 0.29) is 11.5 Å². The summed E-state index contributed by atoms with van der Waals surface area (Å²) < 4.78 is 0. The summed E-state index contributed by atoms with van der Waals surface area (Å²) in [4.78, 5) is 15.5. The highest BCUT2D eigenvalue weighted by Crippen LogP contribution is 2.22. The lowest BCUT2D eigenvalue weighted by molar-refractivity contribution is -0.110. The van der Waals surface area contributed by atoms with Gasteiger partial charge in [0.05, 0.1) is 11.4 Å². The van der Waals surface area contributed by atoms with Gasteiger partial charge in [-0.25, -0.2) is 4.99 Å². The molecule has 2 N–H and O–H groups in total. The Morgan fingerprint density at radius 2 is 1.32 bits per heavy atom. The lowest BCUT2D eigenvalue weighted by Gasteiger charge is -2.07. The van der Waals surface area contributed by atoms with Crippen LogP contribution >= 0.6 is 0 Å². The van der Waals surface area contributed by atoms with Gasteiger partial charge in [-0.2, -0.15) is 0 Å². The molecule has 0 radical (unpaired) electrons. The van der Waals surface area contributed by atoms with Crippen LogP contribution in [0.3, 0.4) is 0 Å². The maximum atomic E-state index is 11.0. The number of rotatable bonds is 3. The number of ketones is 1. The van der Waals surface area contributed by atoms with Gasteiger partial charge < -0.3 is 10.4 Å². The van der Waals surface area contributed by atoms with E-state index in [0.717, 1.165) is 22.8 Å². The predicted molar refractivity (Wildman–Crippen MR) is 88.2 cm³/mol. The quantitative estimate of drug-likeness (QED) is 0.665. The van der Waals surface area contributed by atoms with Crippen molar-refractivity contribution in [1.29, 1.82) is 0 Å². The molecule has 22 heavy (non-hydrogen) atoms. The van der Waals surface area contributed by atoms with Crippen LogP contribution in [0.5, 0.6) is 5.75 Å². The molecule has 0 bridgehead atoms. The molecule has 4 heteroatoms. The molecule has 0 fully saturated rings. The maximum Gasteiger partial charge on any atom is 0.178 e. The minimum Gasteiger partial charge on any atom is -0.508 e. The molecule has 3 rings (SSSR count). The van der Waals surface area contributed by atoms with E-state index < -0.39 is 0 Å². The second kappa shape index (κ2) is 6.10. The summed E-state index contributed by atoms with van der Waals surface area (Å²) >= 11 is 0. The zero-order valence-corrected chi connectivity index (χ0v) is 11.7. The fraction of sp³-hybridized carbons (Fsp3) is 0. The summed E-state index contributed by atoms with van der Waals surface area (Å²) in [5.74, 6) is 0.219. The normalized spacial score (nSPS) is 13.3. The van der Waals surface area contributed by atoms with Crippen molar-refractivity contribution in [2.75, 3.05) is 5.32 Å². The van der Waals surface area contributed by atoms with Crippen molar-refractivity contribution in [1.82, 2.24) is 0 Å². The molecule has 2 aromatic rings. The van der Waals surface area contributed by atoms with Crippen LogP contribution < -0.4 is 5.32 Å². The number of carbonyl (C=O) groups is 1. The summed E-state index contributed by atoms with van der Waals surface area (Å²) in [5, 5.41) is 12.5. The van der Waals surface area contributed by atoms with Gasteiger partial charge in [0.2, 0.25) is 0 Å². The molecule has 0 aliphatic heterocycles. The highest BCUT2D eigenvalue weighted by molar-refractivity contribution is 6.17. The topological polar surface area (TPSA) is 61.7 Å². The second-order valence-corrected chi connectivity index (χ2v) is 4.82. The van der Waals surface area contributed by atoms with E-state index in [1.165, 1.54) is 12.2 Å². The van der Waals surface area contributed by atoms with Gasteiger partial charge in [0, 0.05) is 11.4 Å². The molecule has 1 aliphatic carbocycles. The molecule has 0 spiro atoms. The Morgan fingerprint density at radius 3 is 1.91 bits per heavy atom. The van der Waals surface area contributed by atoms with Crippen molar-refractivity contribution >= 4 is 28.6 Å². The van der Waals surface area contributed by atoms with Gasteiger partial charge in [-0.3, -0.25) is 4.79 Å². The minimum absolute atomic E-state index is 0.0209. The first kappa shape index (κ1) is 13.8. The number of nitrogens with zero attached hydrogens (tertiary/aromatic N) is 1. The molecule has 4 nitrogen and oxygen atoms in total. The second-order valence-electron chi connectivity index (χ2n) is 4.82. The molecule has 0 unspecified atom stereocenters. The Kier molecular flexibility index (Phi) is 3.83. The van der Waals surface area contributed by atoms with Crippen LogP contribution in [0.1, 0.15) is 0 Å². The van der Waals surface area contributed by atoms with Gasteiger partial charge in [-0.15, -0.1) is 0 Å². The highest BCUT2D eigenvalue weighted by atomic mass is 16.3. The van der Waals surface area contributed by atoms with Crippen molar-refractivity contribution in [2.24, 2.45) is 4.99 Å². The number of hydrogen-bond acceptors (Lipinski definition) is 4. The lowest BCUT2D eigenvalue weighted by atomic mass is 10.1. The number of anilines is 2. The number of aromatic hydroxyl groups is 1. The van der Waals surface area contributed by atoms with E-state index in [0.29, 0.717) is 0 Å². The summed E-state index contributed by atoms with van der Waals surface area (Å²) in [6.07, 6.45) is 6.40. The van der Waals surface area contributed by atoms with Crippen molar-refractivity contribution in [3.63, 3.8) is 0 Å². The lowest BCUT2D eigenvalue weighted by Crippen LogP contribution is -1.98. The van der Waals surface area contributed by atoms with E-state index in [9.17, 15) is 9.90 Å². The average Bonchev–Trinajstić information content (AvgIpc) is 2.54. The monoisotopic (exact) mass is 290 g/mol. The molecule has 0 heterocycles. The Bertz CT molecular complexity index is 752. The summed E-state index contributed by atoms with van der Waals surface area (Å²) in [6.45, 7) is 0. The predicted octanol–water partition coefficient (Wildman–Crippen LogP) is 3.90. The van der Waals surface area contributed by atoms with E-state index in [1.54, 1.807) is 36.4 Å². The molecular formula is C18H14N2O2. The first-order valence-corrected chi connectivity index (χ1v) is 6.84. The van der Waals surface area contributed by atoms with Crippen LogP contribution in [0, 0.1) is 0 Å². The standard InChI is InChI=1S/C18H14N2O2/c21-17-9-5-15(6-10-17)19-13-1-2-14(4-3-13)20-16-7-11-18(22)12-8-16/h1-12,19,21H. The molecule has 108 valence electrons. The zero-order chi connectivity index (χ0) is 15.4. The fourth-order valence-corrected chi connectivity index (χ4v) is 2.00. The number of hydrogen-bond donors (Lipinski definition) is 2. The molecule has 0 saturated heterocycles. The number of phenols is 1. The van der Waals surface area contributed by atoms with E-state index in [4.69, 9.17) is 0 Å². The third-order valence-electron chi connectivity index (χ3n) is 3.12. The number of allylic oxidation sites excluding steroid dienone is 4. The molecule has 0 aromatic heterocycles. The van der Waals surface area contributed by atoms with Crippen LogP contribution in [0.15, 0.2) is 77.8 Å². The Hall–Kier alpha value is -3.14. The van der Waals surface area contributed by atoms with Crippen LogP contribution in [0.4, 0.5) is 17.1 Å². The van der Waals surface area contributed by atoms with Crippen molar-refractivity contribution in [3.8, 4) is 5.75 Å². The van der Waals surface area contributed by atoms with Gasteiger partial charge in [-0.1, -0.05) is 0 Å². The Balaban J connectivity index is 1.71. The van der Waals surface area contributed by atoms with Gasteiger partial charge in [0.15, 0.2) is 5.78 Å². The fourth-order valence-electron chi connectivity index (χ4n) is 2.00. The van der Waals surface area contributed by atoms with Crippen LogP contribution in [0.25, 0.3) is 0 Å². The van der Waals surface area contributed by atoms with E-state index in [1.807, 2.05) is 24.3 Å². The summed E-state index contributed by atoms with van der Waals surface area (Å²) in [7, 11) is 0. The third kappa shape index (κ3) is 3.49. The largest absolute Gasteiger partial charge is 0.508 e. The van der Waals surface area contributed by atoms with Crippen molar-refractivity contribution in [2.45, 2.75) is 0 Å². The van der Waals surface area contributed by atoms with Gasteiger partial charge in [-0.05, 0) is 72.8 Å². The highest BCUT2D eigenvalue weighted by Gasteiger charge is 2.00. The maximum absolute atomic E-state index is 11.0. The van der Waals surface area contributed by atoms with Gasteiger partial charge in [0.25, 0.3) is 0 Å². The average molecular weight is 290 g/mol. The summed E-state index contributed by atoms with van der Waals surface area (Å²) in [5.41, 5.74) is 3.39. The smallest absolute Gasteiger partial charge is 0.178 e. The molecule has 0 saturated carbocycles. The molecule has 1 aliphatic rings. The number of aliphatic imine (C=N–C) groups is 1. The zero-order valence-electron chi connectivity index (χ0n) is 11.7. The first-order valence-electron chi connectivity index (χ1n) is 6.84. The number of nitrogens with one attached hydrogen (secondary N) is 1. The first-order chi connectivity index (χ1) is 10.7. The van der Waals surface area contributed by atoms with Crippen molar-refractivity contribution in [3.05, 3.63) is 72.8 Å². The third-order valence-corrected chi connectivity index (χ3v) is 3.12. The number of carbonyl (C=O) groups excluding carboxylic acids is 1. The number of phenolic OH excluding ortho intramolecular Hbond substituents is 1. The van der Waals surface area contributed by atoms with Crippen LogP contribution in [-0.2, 0) is 4.79 Å². The SMILES string of the molecule is O=C1C=CC(=Nc2ccc(Nc3ccc(O)cc3)cc2)C=C1. The van der Waals surface area contributed by atoms with Crippen LogP contribution in [0.2, 0.25) is 0 Å². The molecule has 2 aromatic carbocycles. The number of benzene rings is 2. The van der Waals surface area contributed by atoms with Gasteiger partial charge in [0.1, 0.15) is 5.75 Å². The molecular weight excluding hydrogens is 276 g/mol. The van der Waals surface area contributed by atoms with E-state index >= 15 is 0 Å². The van der Waals surface area contributed by atoms with Gasteiger partial charge >= 0.3 is 0 Å². The van der Waals surface area contributed by atoms with Crippen molar-refractivity contribution < 1.29 is 9.90 Å². The Labute approximate surface area is 128 Å². The van der Waals surface area contributed by atoms with E-state index in [2.05, 4.69) is 10.3 Å². The van der Waals surface area contributed by atoms with Crippen LogP contribution in [-0.4, -0.2) is 16.6 Å². The molecule has 0 atom stereocenters. The minimum atomic E-state index is -0.0209. The summed E-state index contributed by atoms with van der Waals surface area (Å²) in [6, 6.07) is 14.5. The molecule has 0 amide bonds. The Morgan fingerprint density at radius 1 is 0.773 bits per heavy atom.